The predicted octanol–water partition coefficient (Wildman–Crippen LogP) is 2.62. The maximum atomic E-state index is 4.45. The lowest BCUT2D eigenvalue weighted by Gasteiger charge is -2.05. The highest BCUT2D eigenvalue weighted by Gasteiger charge is 2.09. The molecule has 4 heteroatoms. The lowest BCUT2D eigenvalue weighted by molar-refractivity contribution is 0.547. The van der Waals surface area contributed by atoms with Crippen molar-refractivity contribution < 1.29 is 0 Å². The molecule has 0 atom stereocenters. The van der Waals surface area contributed by atoms with Crippen LogP contribution in [0.4, 0.5) is 0 Å². The van der Waals surface area contributed by atoms with Crippen LogP contribution in [0.5, 0.6) is 0 Å². The minimum Gasteiger partial charge on any atom is -0.264 e. The summed E-state index contributed by atoms with van der Waals surface area (Å²) in [5, 5.41) is 5.59. The largest absolute Gasteiger partial charge is 0.264 e. The van der Waals surface area contributed by atoms with Gasteiger partial charge in [0.1, 0.15) is 3.70 Å². The highest BCUT2D eigenvalue weighted by atomic mass is 127. The highest BCUT2D eigenvalue weighted by molar-refractivity contribution is 14.1. The molecule has 2 aromatic heterocycles. The van der Waals surface area contributed by atoms with Crippen LogP contribution in [0.2, 0.25) is 0 Å². The van der Waals surface area contributed by atoms with Gasteiger partial charge < -0.3 is 0 Å². The molecular formula is C9H10IN3. The Morgan fingerprint density at radius 2 is 2.23 bits per heavy atom. The molecule has 0 bridgehead atoms. The summed E-state index contributed by atoms with van der Waals surface area (Å²) in [6.45, 7) is 4.26. The van der Waals surface area contributed by atoms with Crippen LogP contribution in [0.3, 0.4) is 0 Å². The van der Waals surface area contributed by atoms with Gasteiger partial charge in [0.2, 0.25) is 0 Å². The molecule has 3 nitrogen and oxygen atoms in total. The van der Waals surface area contributed by atoms with E-state index >= 15 is 0 Å². The molecule has 0 fully saturated rings. The summed E-state index contributed by atoms with van der Waals surface area (Å²) < 4.78 is 3.05. The third-order valence-corrected chi connectivity index (χ3v) is 2.75. The van der Waals surface area contributed by atoms with Gasteiger partial charge in [0.25, 0.3) is 0 Å². The van der Waals surface area contributed by atoms with E-state index in [-0.39, 0.29) is 0 Å². The zero-order chi connectivity index (χ0) is 9.42. The second-order valence-corrected chi connectivity index (χ2v) is 4.24. The Kier molecular flexibility index (Phi) is 2.23. The molecule has 2 heterocycles. The first-order chi connectivity index (χ1) is 6.20. The van der Waals surface area contributed by atoms with Crippen molar-refractivity contribution in [3.8, 4) is 0 Å². The molecule has 0 saturated heterocycles. The molecule has 0 radical (unpaired) electrons. The normalized spacial score (nSPS) is 11.4. The number of hydrogen-bond donors (Lipinski definition) is 0. The summed E-state index contributed by atoms with van der Waals surface area (Å²) in [5.41, 5.74) is 1.16. The number of fused-ring (bicyclic) bond motifs is 1. The first kappa shape index (κ1) is 8.93. The van der Waals surface area contributed by atoms with Gasteiger partial charge in [-0.3, -0.25) is 9.67 Å². The number of aromatic nitrogens is 3. The third kappa shape index (κ3) is 1.43. The second kappa shape index (κ2) is 3.25. The van der Waals surface area contributed by atoms with E-state index in [2.05, 4.69) is 46.5 Å². The smallest absolute Gasteiger partial charge is 0.132 e. The van der Waals surface area contributed by atoms with E-state index in [1.54, 1.807) is 6.20 Å². The van der Waals surface area contributed by atoms with Crippen molar-refractivity contribution >= 4 is 33.5 Å². The average molecular weight is 287 g/mol. The number of halogens is 1. The maximum absolute atomic E-state index is 4.45. The maximum Gasteiger partial charge on any atom is 0.132 e. The van der Waals surface area contributed by atoms with Crippen LogP contribution >= 0.6 is 22.6 Å². The lowest BCUT2D eigenvalue weighted by atomic mass is 10.3. The molecular weight excluding hydrogens is 277 g/mol. The van der Waals surface area contributed by atoms with Gasteiger partial charge in [-0.1, -0.05) is 0 Å². The molecule has 0 aromatic carbocycles. The van der Waals surface area contributed by atoms with Gasteiger partial charge >= 0.3 is 0 Å². The Morgan fingerprint density at radius 1 is 1.46 bits per heavy atom. The topological polar surface area (TPSA) is 30.7 Å². The fraction of sp³-hybridized carbons (Fsp3) is 0.333. The van der Waals surface area contributed by atoms with Gasteiger partial charge in [0.15, 0.2) is 0 Å². The molecule has 0 aliphatic carbocycles. The van der Waals surface area contributed by atoms with E-state index in [1.807, 2.05) is 16.9 Å². The molecule has 0 spiro atoms. The van der Waals surface area contributed by atoms with Gasteiger partial charge in [0, 0.05) is 18.4 Å². The van der Waals surface area contributed by atoms with Crippen LogP contribution in [-0.2, 0) is 0 Å². The first-order valence-electron chi connectivity index (χ1n) is 4.18. The van der Waals surface area contributed by atoms with Gasteiger partial charge in [-0.25, -0.2) is 0 Å². The molecule has 0 saturated carbocycles. The van der Waals surface area contributed by atoms with Crippen LogP contribution in [-0.4, -0.2) is 14.8 Å². The third-order valence-electron chi connectivity index (χ3n) is 1.95. The summed E-state index contributed by atoms with van der Waals surface area (Å²) in [6.07, 6.45) is 3.67. The van der Waals surface area contributed by atoms with Crippen LogP contribution < -0.4 is 0 Å². The van der Waals surface area contributed by atoms with Crippen molar-refractivity contribution in [1.82, 2.24) is 14.8 Å². The van der Waals surface area contributed by atoms with Crippen molar-refractivity contribution in [3.05, 3.63) is 22.2 Å². The highest BCUT2D eigenvalue weighted by Crippen LogP contribution is 2.21. The van der Waals surface area contributed by atoms with E-state index in [9.17, 15) is 0 Å². The molecule has 68 valence electrons. The number of hydrogen-bond acceptors (Lipinski definition) is 2. The van der Waals surface area contributed by atoms with Gasteiger partial charge in [0.05, 0.1) is 10.9 Å². The Morgan fingerprint density at radius 3 is 2.92 bits per heavy atom. The summed E-state index contributed by atoms with van der Waals surface area (Å²) in [7, 11) is 0. The molecule has 2 rings (SSSR count). The fourth-order valence-corrected chi connectivity index (χ4v) is 1.99. The Labute approximate surface area is 90.3 Å². The Bertz CT molecular complexity index is 433. The molecule has 0 unspecified atom stereocenters. The van der Waals surface area contributed by atoms with Crippen molar-refractivity contribution in [1.29, 1.82) is 0 Å². The minimum atomic E-state index is 0.397. The van der Waals surface area contributed by atoms with E-state index in [1.165, 1.54) is 0 Å². The minimum absolute atomic E-state index is 0.397. The van der Waals surface area contributed by atoms with Crippen molar-refractivity contribution in [2.24, 2.45) is 0 Å². The van der Waals surface area contributed by atoms with E-state index in [0.29, 0.717) is 6.04 Å². The zero-order valence-corrected chi connectivity index (χ0v) is 9.69. The number of pyridine rings is 1. The van der Waals surface area contributed by atoms with E-state index in [0.717, 1.165) is 14.6 Å². The molecule has 0 aliphatic rings. The standard InChI is InChI=1S/C9H10IN3/c1-6(2)13-8-3-4-11-5-7(8)9(10)12-13/h3-6H,1-2H3. The summed E-state index contributed by atoms with van der Waals surface area (Å²) >= 11 is 2.24. The SMILES string of the molecule is CC(C)n1nc(I)c2cnccc21. The average Bonchev–Trinajstić information content (AvgIpc) is 2.45. The van der Waals surface area contributed by atoms with Crippen molar-refractivity contribution in [2.45, 2.75) is 19.9 Å². The molecule has 0 N–H and O–H groups in total. The van der Waals surface area contributed by atoms with Crippen LogP contribution in [0.1, 0.15) is 19.9 Å². The van der Waals surface area contributed by atoms with Crippen LogP contribution in [0, 0.1) is 3.70 Å². The van der Waals surface area contributed by atoms with Crippen LogP contribution in [0.15, 0.2) is 18.5 Å². The molecule has 0 amide bonds. The Balaban J connectivity index is 2.78. The summed E-state index contributed by atoms with van der Waals surface area (Å²) in [5.74, 6) is 0. The van der Waals surface area contributed by atoms with Crippen LogP contribution in [0.25, 0.3) is 10.9 Å². The molecule has 13 heavy (non-hydrogen) atoms. The molecule has 2 aromatic rings. The van der Waals surface area contributed by atoms with Crippen molar-refractivity contribution in [2.75, 3.05) is 0 Å². The zero-order valence-electron chi connectivity index (χ0n) is 7.53. The van der Waals surface area contributed by atoms with Crippen molar-refractivity contribution in [3.63, 3.8) is 0 Å². The predicted molar refractivity (Wildman–Crippen MR) is 60.6 cm³/mol. The van der Waals surface area contributed by atoms with E-state index in [4.69, 9.17) is 0 Å². The number of nitrogens with zero attached hydrogens (tertiary/aromatic N) is 3. The summed E-state index contributed by atoms with van der Waals surface area (Å²) in [6, 6.07) is 2.40. The van der Waals surface area contributed by atoms with Gasteiger partial charge in [-0.15, -0.1) is 0 Å². The van der Waals surface area contributed by atoms with Gasteiger partial charge in [-0.05, 0) is 42.5 Å². The number of rotatable bonds is 1. The second-order valence-electron chi connectivity index (χ2n) is 3.22. The lowest BCUT2D eigenvalue weighted by Crippen LogP contribution is -2.02. The van der Waals surface area contributed by atoms with Gasteiger partial charge in [-0.2, -0.15) is 5.10 Å². The quantitative estimate of drug-likeness (QED) is 0.755. The van der Waals surface area contributed by atoms with E-state index < -0.39 is 0 Å². The Hall–Kier alpha value is -0.650. The fourth-order valence-electron chi connectivity index (χ4n) is 1.34. The first-order valence-corrected chi connectivity index (χ1v) is 5.25. The monoisotopic (exact) mass is 287 g/mol. The molecule has 0 aliphatic heterocycles. The summed E-state index contributed by atoms with van der Waals surface area (Å²) in [4.78, 5) is 4.09.